The van der Waals surface area contributed by atoms with Crippen molar-refractivity contribution in [3.05, 3.63) is 70.4 Å². The summed E-state index contributed by atoms with van der Waals surface area (Å²) < 4.78 is 0. The minimum Gasteiger partial charge on any atom is -0.357 e. The molecule has 2 aromatic carbocycles. The monoisotopic (exact) mass is 282 g/mol. The fraction of sp³-hybridized carbons (Fsp3) is 0.176. The Hall–Kier alpha value is -1.77. The van der Waals surface area contributed by atoms with Crippen molar-refractivity contribution in [1.82, 2.24) is 10.3 Å². The quantitative estimate of drug-likeness (QED) is 0.692. The predicted molar refractivity (Wildman–Crippen MR) is 83.3 cm³/mol. The van der Waals surface area contributed by atoms with Gasteiger partial charge in [0.2, 0.25) is 0 Å². The number of rotatable bonds is 1. The second-order valence-electron chi connectivity index (χ2n) is 5.22. The van der Waals surface area contributed by atoms with Crippen molar-refractivity contribution in [1.29, 1.82) is 0 Å². The Morgan fingerprint density at radius 2 is 1.80 bits per heavy atom. The van der Waals surface area contributed by atoms with Gasteiger partial charge < -0.3 is 10.3 Å². The third kappa shape index (κ3) is 1.76. The van der Waals surface area contributed by atoms with E-state index in [0.29, 0.717) is 0 Å². The van der Waals surface area contributed by atoms with E-state index in [0.717, 1.165) is 23.6 Å². The number of fused-ring (bicyclic) bond motifs is 3. The Bertz CT molecular complexity index is 776. The number of H-pyrrole nitrogens is 1. The summed E-state index contributed by atoms with van der Waals surface area (Å²) in [6.45, 7) is 0.977. The maximum absolute atomic E-state index is 6.37. The Morgan fingerprint density at radius 1 is 1.00 bits per heavy atom. The van der Waals surface area contributed by atoms with Crippen LogP contribution < -0.4 is 5.32 Å². The zero-order chi connectivity index (χ0) is 13.5. The lowest BCUT2D eigenvalue weighted by Gasteiger charge is -2.25. The van der Waals surface area contributed by atoms with Crippen LogP contribution in [0, 0.1) is 0 Å². The minimum atomic E-state index is 0.153. The van der Waals surface area contributed by atoms with Gasteiger partial charge >= 0.3 is 0 Å². The molecule has 20 heavy (non-hydrogen) atoms. The van der Waals surface area contributed by atoms with E-state index >= 15 is 0 Å². The number of nitrogens with one attached hydrogen (secondary N) is 2. The molecule has 3 aromatic rings. The molecule has 0 radical (unpaired) electrons. The lowest BCUT2D eigenvalue weighted by molar-refractivity contribution is 0.560. The highest BCUT2D eigenvalue weighted by molar-refractivity contribution is 6.31. The van der Waals surface area contributed by atoms with Crippen molar-refractivity contribution in [3.8, 4) is 0 Å². The summed E-state index contributed by atoms with van der Waals surface area (Å²) in [5, 5.41) is 5.73. The first-order chi connectivity index (χ1) is 9.84. The first kappa shape index (κ1) is 12.0. The van der Waals surface area contributed by atoms with Crippen LogP contribution in [0.2, 0.25) is 5.02 Å². The Balaban J connectivity index is 1.92. The molecule has 0 fully saturated rings. The van der Waals surface area contributed by atoms with Crippen LogP contribution in [0.4, 0.5) is 0 Å². The van der Waals surface area contributed by atoms with Crippen LogP contribution in [0.3, 0.4) is 0 Å². The molecule has 2 heterocycles. The van der Waals surface area contributed by atoms with E-state index in [2.05, 4.69) is 40.6 Å². The molecule has 2 N–H and O–H groups in total. The molecular weight excluding hydrogens is 268 g/mol. The van der Waals surface area contributed by atoms with Crippen LogP contribution in [-0.4, -0.2) is 11.5 Å². The molecule has 2 nitrogen and oxygen atoms in total. The van der Waals surface area contributed by atoms with Crippen molar-refractivity contribution < 1.29 is 0 Å². The standard InChI is InChI=1S/C17H15ClN2/c18-14-7-3-1-6-13(14)16-17-12(9-10-19-16)11-5-2-4-8-15(11)20-17/h1-8,16,19-20H,9-10H2. The Labute approximate surface area is 122 Å². The lowest BCUT2D eigenvalue weighted by atomic mass is 9.94. The van der Waals surface area contributed by atoms with E-state index < -0.39 is 0 Å². The predicted octanol–water partition coefficient (Wildman–Crippen LogP) is 4.06. The molecule has 4 rings (SSSR count). The number of benzene rings is 2. The number of hydrogen-bond donors (Lipinski definition) is 2. The average molecular weight is 283 g/mol. The van der Waals surface area contributed by atoms with Crippen LogP contribution in [0.5, 0.6) is 0 Å². The van der Waals surface area contributed by atoms with Crippen molar-refractivity contribution in [3.63, 3.8) is 0 Å². The summed E-state index contributed by atoms with van der Waals surface area (Å²) in [5.74, 6) is 0. The van der Waals surface area contributed by atoms with Crippen LogP contribution in [0.1, 0.15) is 22.9 Å². The lowest BCUT2D eigenvalue weighted by Crippen LogP contribution is -2.30. The first-order valence-corrected chi connectivity index (χ1v) is 7.29. The van der Waals surface area contributed by atoms with Gasteiger partial charge in [0.05, 0.1) is 6.04 Å². The molecule has 0 spiro atoms. The van der Waals surface area contributed by atoms with Crippen molar-refractivity contribution >= 4 is 22.5 Å². The average Bonchev–Trinajstić information content (AvgIpc) is 2.86. The van der Waals surface area contributed by atoms with E-state index in [-0.39, 0.29) is 6.04 Å². The summed E-state index contributed by atoms with van der Waals surface area (Å²) in [4.78, 5) is 3.57. The van der Waals surface area contributed by atoms with Gasteiger partial charge in [-0.2, -0.15) is 0 Å². The molecule has 1 unspecified atom stereocenters. The van der Waals surface area contributed by atoms with Gasteiger partial charge in [0.25, 0.3) is 0 Å². The number of hydrogen-bond acceptors (Lipinski definition) is 1. The molecule has 0 saturated carbocycles. The van der Waals surface area contributed by atoms with Gasteiger partial charge in [0.15, 0.2) is 0 Å². The third-order valence-corrected chi connectivity index (χ3v) is 4.42. The molecule has 1 aliphatic rings. The number of aromatic amines is 1. The summed E-state index contributed by atoms with van der Waals surface area (Å²) in [5.41, 5.74) is 5.02. The summed E-state index contributed by atoms with van der Waals surface area (Å²) >= 11 is 6.37. The Kier molecular flexibility index (Phi) is 2.79. The minimum absolute atomic E-state index is 0.153. The van der Waals surface area contributed by atoms with Crippen molar-refractivity contribution in [2.75, 3.05) is 6.54 Å². The molecular formula is C17H15ClN2. The molecule has 3 heteroatoms. The van der Waals surface area contributed by atoms with Crippen LogP contribution in [0.15, 0.2) is 48.5 Å². The van der Waals surface area contributed by atoms with Gasteiger partial charge in [-0.1, -0.05) is 48.0 Å². The first-order valence-electron chi connectivity index (χ1n) is 6.92. The van der Waals surface area contributed by atoms with Gasteiger partial charge in [-0.3, -0.25) is 0 Å². The SMILES string of the molecule is Clc1ccccc1C1NCCc2c1[nH]c1ccccc21. The summed E-state index contributed by atoms with van der Waals surface area (Å²) in [7, 11) is 0. The zero-order valence-electron chi connectivity index (χ0n) is 11.0. The van der Waals surface area contributed by atoms with Crippen LogP contribution in [0.25, 0.3) is 10.9 Å². The van der Waals surface area contributed by atoms with E-state index in [1.807, 2.05) is 18.2 Å². The van der Waals surface area contributed by atoms with Gasteiger partial charge in [0, 0.05) is 28.2 Å². The van der Waals surface area contributed by atoms with Crippen molar-refractivity contribution in [2.24, 2.45) is 0 Å². The van der Waals surface area contributed by atoms with Crippen molar-refractivity contribution in [2.45, 2.75) is 12.5 Å². The van der Waals surface area contributed by atoms with Gasteiger partial charge in [0.1, 0.15) is 0 Å². The maximum Gasteiger partial charge on any atom is 0.0746 e. The zero-order valence-corrected chi connectivity index (χ0v) is 11.7. The van der Waals surface area contributed by atoms with E-state index in [1.54, 1.807) is 0 Å². The second kappa shape index (κ2) is 4.65. The molecule has 1 aliphatic heterocycles. The highest BCUT2D eigenvalue weighted by atomic mass is 35.5. The molecule has 0 saturated heterocycles. The molecule has 100 valence electrons. The number of aromatic nitrogens is 1. The Morgan fingerprint density at radius 3 is 2.70 bits per heavy atom. The van der Waals surface area contributed by atoms with E-state index in [9.17, 15) is 0 Å². The topological polar surface area (TPSA) is 27.8 Å². The maximum atomic E-state index is 6.37. The summed E-state index contributed by atoms with van der Waals surface area (Å²) in [6, 6.07) is 16.7. The fourth-order valence-corrected chi connectivity index (χ4v) is 3.40. The van der Waals surface area contributed by atoms with E-state index in [4.69, 9.17) is 11.6 Å². The third-order valence-electron chi connectivity index (χ3n) is 4.08. The normalized spacial score (nSPS) is 18.1. The molecule has 0 bridgehead atoms. The van der Waals surface area contributed by atoms with Gasteiger partial charge in [-0.25, -0.2) is 0 Å². The highest BCUT2D eigenvalue weighted by Gasteiger charge is 2.26. The van der Waals surface area contributed by atoms with Gasteiger partial charge in [-0.05, 0) is 29.7 Å². The molecule has 1 aromatic heterocycles. The highest BCUT2D eigenvalue weighted by Crippen LogP contribution is 2.35. The largest absolute Gasteiger partial charge is 0.357 e. The smallest absolute Gasteiger partial charge is 0.0746 e. The second-order valence-corrected chi connectivity index (χ2v) is 5.63. The molecule has 0 amide bonds. The summed E-state index contributed by atoms with van der Waals surface area (Å²) in [6.07, 6.45) is 1.06. The molecule has 0 aliphatic carbocycles. The number of halogens is 1. The molecule has 1 atom stereocenters. The fourth-order valence-electron chi connectivity index (χ4n) is 3.15. The van der Waals surface area contributed by atoms with Gasteiger partial charge in [-0.15, -0.1) is 0 Å². The van der Waals surface area contributed by atoms with Crippen LogP contribution >= 0.6 is 11.6 Å². The number of para-hydroxylation sites is 1. The van der Waals surface area contributed by atoms with Crippen LogP contribution in [-0.2, 0) is 6.42 Å². The van der Waals surface area contributed by atoms with E-state index in [1.165, 1.54) is 22.2 Å².